The number of tetrazole rings is 1. The molecule has 2 heterocycles. The maximum Gasteiger partial charge on any atom is 0.257 e. The van der Waals surface area contributed by atoms with Gasteiger partial charge in [-0.05, 0) is 47.5 Å². The van der Waals surface area contributed by atoms with Crippen molar-refractivity contribution in [3.8, 4) is 5.69 Å². The molecule has 0 radical (unpaired) electrons. The van der Waals surface area contributed by atoms with E-state index in [0.717, 1.165) is 10.7 Å². The summed E-state index contributed by atoms with van der Waals surface area (Å²) in [5.74, 6) is 0.318. The van der Waals surface area contributed by atoms with Crippen molar-refractivity contribution >= 4 is 22.4 Å². The van der Waals surface area contributed by atoms with Crippen LogP contribution in [0.1, 0.15) is 40.5 Å². The molecule has 8 nitrogen and oxygen atoms in total. The SMILES string of the molecule is O=C(Nc1nnc(C2CCC2)s1)c1ccc(-n2cnnn2)cc1. The Balaban J connectivity index is 1.45. The number of hydrogen-bond donors (Lipinski definition) is 1. The van der Waals surface area contributed by atoms with Crippen molar-refractivity contribution in [1.82, 2.24) is 30.4 Å². The minimum absolute atomic E-state index is 0.204. The van der Waals surface area contributed by atoms with E-state index < -0.39 is 0 Å². The van der Waals surface area contributed by atoms with Crippen LogP contribution in [0.2, 0.25) is 0 Å². The van der Waals surface area contributed by atoms with Gasteiger partial charge < -0.3 is 0 Å². The van der Waals surface area contributed by atoms with Crippen molar-refractivity contribution < 1.29 is 4.79 Å². The third-order valence-corrected chi connectivity index (χ3v) is 4.86. The lowest BCUT2D eigenvalue weighted by Gasteiger charge is -2.21. The van der Waals surface area contributed by atoms with Crippen LogP contribution in [0.5, 0.6) is 0 Å². The Hall–Kier alpha value is -2.68. The number of rotatable bonds is 4. The van der Waals surface area contributed by atoms with Gasteiger partial charge in [0.2, 0.25) is 5.13 Å². The monoisotopic (exact) mass is 327 g/mol. The molecule has 1 saturated carbocycles. The summed E-state index contributed by atoms with van der Waals surface area (Å²) in [7, 11) is 0. The highest BCUT2D eigenvalue weighted by atomic mass is 32.1. The zero-order valence-electron chi connectivity index (χ0n) is 12.1. The van der Waals surface area contributed by atoms with Gasteiger partial charge in [0, 0.05) is 11.5 Å². The van der Waals surface area contributed by atoms with Crippen LogP contribution in [0.15, 0.2) is 30.6 Å². The highest BCUT2D eigenvalue weighted by Gasteiger charge is 2.23. The minimum Gasteiger partial charge on any atom is -0.296 e. The van der Waals surface area contributed by atoms with E-state index in [4.69, 9.17) is 0 Å². The number of nitrogens with one attached hydrogen (secondary N) is 1. The first kappa shape index (κ1) is 13.9. The van der Waals surface area contributed by atoms with Crippen LogP contribution in [0, 0.1) is 0 Å². The normalized spacial score (nSPS) is 14.4. The molecule has 0 unspecified atom stereocenters. The van der Waals surface area contributed by atoms with Crippen LogP contribution >= 0.6 is 11.3 Å². The smallest absolute Gasteiger partial charge is 0.257 e. The average molecular weight is 327 g/mol. The molecule has 116 valence electrons. The van der Waals surface area contributed by atoms with Crippen molar-refractivity contribution in [3.63, 3.8) is 0 Å². The summed E-state index contributed by atoms with van der Waals surface area (Å²) in [6, 6.07) is 7.01. The molecule has 1 aromatic carbocycles. The Kier molecular flexibility index (Phi) is 3.54. The molecule has 2 aromatic heterocycles. The van der Waals surface area contributed by atoms with Crippen molar-refractivity contribution in [2.75, 3.05) is 5.32 Å². The second-order valence-electron chi connectivity index (χ2n) is 5.33. The van der Waals surface area contributed by atoms with E-state index in [9.17, 15) is 4.79 Å². The van der Waals surface area contributed by atoms with Gasteiger partial charge in [-0.15, -0.1) is 15.3 Å². The van der Waals surface area contributed by atoms with Crippen molar-refractivity contribution in [1.29, 1.82) is 0 Å². The summed E-state index contributed by atoms with van der Waals surface area (Å²) in [6.45, 7) is 0. The van der Waals surface area contributed by atoms with E-state index >= 15 is 0 Å². The van der Waals surface area contributed by atoms with Crippen molar-refractivity contribution in [3.05, 3.63) is 41.2 Å². The molecule has 3 aromatic rings. The number of anilines is 1. The molecule has 1 N–H and O–H groups in total. The Morgan fingerprint density at radius 3 is 2.70 bits per heavy atom. The lowest BCUT2D eigenvalue weighted by molar-refractivity contribution is 0.102. The first-order valence-corrected chi connectivity index (χ1v) is 8.09. The molecule has 1 fully saturated rings. The summed E-state index contributed by atoms with van der Waals surface area (Å²) in [4.78, 5) is 12.3. The maximum absolute atomic E-state index is 12.3. The highest BCUT2D eigenvalue weighted by molar-refractivity contribution is 7.15. The molecule has 9 heteroatoms. The summed E-state index contributed by atoms with van der Waals surface area (Å²) < 4.78 is 1.53. The van der Waals surface area contributed by atoms with E-state index in [1.165, 1.54) is 41.6 Å². The Morgan fingerprint density at radius 2 is 2.04 bits per heavy atom. The number of benzene rings is 1. The van der Waals surface area contributed by atoms with Gasteiger partial charge in [-0.3, -0.25) is 10.1 Å². The molecule has 0 saturated heterocycles. The number of amides is 1. The van der Waals surface area contributed by atoms with Gasteiger partial charge in [-0.25, -0.2) is 4.68 Å². The molecule has 1 amide bonds. The summed E-state index contributed by atoms with van der Waals surface area (Å²) >= 11 is 1.46. The molecule has 4 rings (SSSR count). The molecule has 0 atom stereocenters. The zero-order valence-corrected chi connectivity index (χ0v) is 12.9. The fourth-order valence-corrected chi connectivity index (χ4v) is 3.23. The molecule has 1 aliphatic carbocycles. The van der Waals surface area contributed by atoms with Crippen LogP contribution in [-0.4, -0.2) is 36.3 Å². The van der Waals surface area contributed by atoms with Gasteiger partial charge in [0.05, 0.1) is 5.69 Å². The van der Waals surface area contributed by atoms with E-state index in [1.54, 1.807) is 24.3 Å². The number of aromatic nitrogens is 6. The van der Waals surface area contributed by atoms with Gasteiger partial charge >= 0.3 is 0 Å². The predicted octanol–water partition coefficient (Wildman–Crippen LogP) is 2.03. The van der Waals surface area contributed by atoms with Crippen LogP contribution in [0.3, 0.4) is 0 Å². The third-order valence-electron chi connectivity index (χ3n) is 3.86. The molecule has 0 bridgehead atoms. The summed E-state index contributed by atoms with van der Waals surface area (Å²) in [5.41, 5.74) is 1.33. The number of carbonyl (C=O) groups is 1. The Morgan fingerprint density at radius 1 is 1.22 bits per heavy atom. The highest BCUT2D eigenvalue weighted by Crippen LogP contribution is 2.38. The molecule has 0 aliphatic heterocycles. The topological polar surface area (TPSA) is 98.5 Å². The van der Waals surface area contributed by atoms with E-state index in [0.29, 0.717) is 16.6 Å². The number of hydrogen-bond acceptors (Lipinski definition) is 7. The first-order chi connectivity index (χ1) is 11.3. The standard InChI is InChI=1S/C14H13N7OS/c22-12(16-14-18-17-13(23-14)10-2-1-3-10)9-4-6-11(7-5-9)21-8-15-19-20-21/h4-8,10H,1-3H2,(H,16,18,22). The predicted molar refractivity (Wildman–Crippen MR) is 83.6 cm³/mol. The molecule has 23 heavy (non-hydrogen) atoms. The van der Waals surface area contributed by atoms with Gasteiger partial charge in [0.15, 0.2) is 0 Å². The van der Waals surface area contributed by atoms with Gasteiger partial charge in [0.1, 0.15) is 11.3 Å². The van der Waals surface area contributed by atoms with Crippen LogP contribution in [0.25, 0.3) is 5.69 Å². The van der Waals surface area contributed by atoms with E-state index in [1.807, 2.05) is 0 Å². The van der Waals surface area contributed by atoms with E-state index in [-0.39, 0.29) is 5.91 Å². The lowest BCUT2D eigenvalue weighted by atomic mass is 9.86. The first-order valence-electron chi connectivity index (χ1n) is 7.28. The average Bonchev–Trinajstić information content (AvgIpc) is 3.18. The quantitative estimate of drug-likeness (QED) is 0.787. The van der Waals surface area contributed by atoms with Gasteiger partial charge in [-0.2, -0.15) is 0 Å². The van der Waals surface area contributed by atoms with Gasteiger partial charge in [-0.1, -0.05) is 17.8 Å². The number of carbonyl (C=O) groups excluding carboxylic acids is 1. The number of nitrogens with zero attached hydrogens (tertiary/aromatic N) is 6. The van der Waals surface area contributed by atoms with E-state index in [2.05, 4.69) is 31.0 Å². The van der Waals surface area contributed by atoms with Crippen LogP contribution < -0.4 is 5.32 Å². The van der Waals surface area contributed by atoms with Crippen molar-refractivity contribution in [2.24, 2.45) is 0 Å². The molecule has 1 aliphatic rings. The third kappa shape index (κ3) is 2.82. The maximum atomic E-state index is 12.3. The molecular weight excluding hydrogens is 314 g/mol. The minimum atomic E-state index is -0.204. The largest absolute Gasteiger partial charge is 0.296 e. The molecular formula is C14H13N7OS. The second kappa shape index (κ2) is 5.84. The summed E-state index contributed by atoms with van der Waals surface area (Å²) in [5, 5.41) is 23.5. The van der Waals surface area contributed by atoms with Crippen LogP contribution in [0.4, 0.5) is 5.13 Å². The lowest BCUT2D eigenvalue weighted by Crippen LogP contribution is -2.11. The zero-order chi connectivity index (χ0) is 15.6. The summed E-state index contributed by atoms with van der Waals surface area (Å²) in [6.07, 6.45) is 5.08. The van der Waals surface area contributed by atoms with Crippen molar-refractivity contribution in [2.45, 2.75) is 25.2 Å². The fraction of sp³-hybridized carbons (Fsp3) is 0.286. The Bertz CT molecular complexity index is 808. The van der Waals surface area contributed by atoms with Crippen LogP contribution in [-0.2, 0) is 0 Å². The molecule has 0 spiro atoms. The Labute approximate surface area is 135 Å². The fourth-order valence-electron chi connectivity index (χ4n) is 2.32. The van der Waals surface area contributed by atoms with Gasteiger partial charge in [0.25, 0.3) is 5.91 Å². The second-order valence-corrected chi connectivity index (χ2v) is 6.34.